The van der Waals surface area contributed by atoms with Crippen LogP contribution in [0.4, 0.5) is 13.2 Å². The Bertz CT molecular complexity index is 561. The van der Waals surface area contributed by atoms with E-state index >= 15 is 0 Å². The molecule has 1 fully saturated rings. The molecule has 0 aromatic carbocycles. The maximum Gasteiger partial charge on any atom is 0.404 e. The summed E-state index contributed by atoms with van der Waals surface area (Å²) < 4.78 is 62.4. The molecule has 0 amide bonds. The van der Waals surface area contributed by atoms with E-state index in [1.54, 1.807) is 0 Å². The van der Waals surface area contributed by atoms with Crippen LogP contribution in [0.2, 0.25) is 0 Å². The monoisotopic (exact) mass is 322 g/mol. The summed E-state index contributed by atoms with van der Waals surface area (Å²) in [7, 11) is -3.24. The van der Waals surface area contributed by atoms with Crippen molar-refractivity contribution >= 4 is 9.84 Å². The second-order valence-corrected chi connectivity index (χ2v) is 7.59. The third-order valence-corrected chi connectivity index (χ3v) is 5.91. The number of aromatic nitrogens is 1. The van der Waals surface area contributed by atoms with E-state index in [0.717, 1.165) is 0 Å². The average molecular weight is 322 g/mol. The Morgan fingerprint density at radius 1 is 1.33 bits per heavy atom. The Hall–Kier alpha value is -1.15. The maximum atomic E-state index is 13.0. The first-order chi connectivity index (χ1) is 9.79. The summed E-state index contributed by atoms with van der Waals surface area (Å²) in [6.45, 7) is -0.155. The van der Waals surface area contributed by atoms with Crippen molar-refractivity contribution in [2.24, 2.45) is 0 Å². The van der Waals surface area contributed by atoms with E-state index in [0.29, 0.717) is 18.4 Å². The molecule has 8 heteroatoms. The van der Waals surface area contributed by atoms with Crippen LogP contribution in [0, 0.1) is 0 Å². The molecular weight excluding hydrogens is 305 g/mol. The van der Waals surface area contributed by atoms with E-state index in [1.807, 2.05) is 0 Å². The second-order valence-electron chi connectivity index (χ2n) is 5.19. The van der Waals surface area contributed by atoms with Crippen LogP contribution in [0.5, 0.6) is 0 Å². The number of rotatable bonds is 5. The van der Waals surface area contributed by atoms with Crippen LogP contribution >= 0.6 is 0 Å². The summed E-state index contributed by atoms with van der Waals surface area (Å²) in [5.74, 6) is 0.0698. The smallest absolute Gasteiger partial charge is 0.305 e. The highest BCUT2D eigenvalue weighted by Crippen LogP contribution is 2.25. The fraction of sp³-hybridized carbons (Fsp3) is 0.615. The lowest BCUT2D eigenvalue weighted by molar-refractivity contribution is -0.155. The molecule has 2 rings (SSSR count). The van der Waals surface area contributed by atoms with Gasteiger partial charge in [-0.25, -0.2) is 8.42 Å². The van der Waals surface area contributed by atoms with Crippen molar-refractivity contribution in [3.8, 4) is 0 Å². The van der Waals surface area contributed by atoms with E-state index in [2.05, 4.69) is 10.3 Å². The van der Waals surface area contributed by atoms with Crippen molar-refractivity contribution in [3.63, 3.8) is 0 Å². The number of hydrogen-bond donors (Lipinski definition) is 1. The van der Waals surface area contributed by atoms with Gasteiger partial charge in [0, 0.05) is 18.9 Å². The van der Waals surface area contributed by atoms with Gasteiger partial charge in [-0.2, -0.15) is 13.2 Å². The Labute approximate surface area is 121 Å². The second kappa shape index (κ2) is 6.31. The van der Waals surface area contributed by atoms with E-state index in [4.69, 9.17) is 0 Å². The molecule has 4 nitrogen and oxygen atoms in total. The van der Waals surface area contributed by atoms with E-state index < -0.39 is 27.3 Å². The zero-order valence-corrected chi connectivity index (χ0v) is 12.1. The molecule has 2 heterocycles. The molecule has 2 unspecified atom stereocenters. The molecule has 0 bridgehead atoms. The Balaban J connectivity index is 2.01. The highest BCUT2D eigenvalue weighted by Gasteiger charge is 2.41. The van der Waals surface area contributed by atoms with Gasteiger partial charge in [-0.05, 0) is 37.0 Å². The fourth-order valence-corrected chi connectivity index (χ4v) is 4.20. The maximum absolute atomic E-state index is 13.0. The molecule has 0 spiro atoms. The SMILES string of the molecule is O=S1(=O)CCCC1CNC(Cc1ccncc1)C(F)(F)F. The van der Waals surface area contributed by atoms with Crippen LogP contribution in [0.3, 0.4) is 0 Å². The van der Waals surface area contributed by atoms with Crippen molar-refractivity contribution in [3.05, 3.63) is 30.1 Å². The molecule has 1 aliphatic rings. The number of nitrogens with one attached hydrogen (secondary N) is 1. The first-order valence-corrected chi connectivity index (χ1v) is 8.41. The quantitative estimate of drug-likeness (QED) is 0.897. The molecule has 0 radical (unpaired) electrons. The number of alkyl halides is 3. The summed E-state index contributed by atoms with van der Waals surface area (Å²) in [6.07, 6.45) is -0.844. The number of pyridine rings is 1. The third kappa shape index (κ3) is 4.41. The summed E-state index contributed by atoms with van der Waals surface area (Å²) >= 11 is 0. The van der Waals surface area contributed by atoms with Gasteiger partial charge in [0.15, 0.2) is 9.84 Å². The van der Waals surface area contributed by atoms with Gasteiger partial charge in [0.05, 0.1) is 11.0 Å². The van der Waals surface area contributed by atoms with Crippen LogP contribution in [-0.4, -0.2) is 43.2 Å². The Morgan fingerprint density at radius 3 is 2.52 bits per heavy atom. The predicted octanol–water partition coefficient (Wildman–Crippen LogP) is 1.72. The molecule has 1 aliphatic heterocycles. The summed E-state index contributed by atoms with van der Waals surface area (Å²) in [5, 5.41) is 1.67. The molecule has 2 atom stereocenters. The van der Waals surface area contributed by atoms with Crippen LogP contribution in [0.25, 0.3) is 0 Å². The van der Waals surface area contributed by atoms with E-state index in [1.165, 1.54) is 24.5 Å². The molecule has 1 aromatic rings. The first kappa shape index (κ1) is 16.2. The van der Waals surface area contributed by atoms with Gasteiger partial charge in [-0.1, -0.05) is 0 Å². The average Bonchev–Trinajstić information content (AvgIpc) is 2.73. The van der Waals surface area contributed by atoms with Gasteiger partial charge in [-0.3, -0.25) is 4.98 Å². The zero-order chi connectivity index (χ0) is 15.5. The van der Waals surface area contributed by atoms with Crippen LogP contribution < -0.4 is 5.32 Å². The lowest BCUT2D eigenvalue weighted by atomic mass is 10.1. The third-order valence-electron chi connectivity index (χ3n) is 3.64. The molecule has 21 heavy (non-hydrogen) atoms. The van der Waals surface area contributed by atoms with Gasteiger partial charge < -0.3 is 5.32 Å². The van der Waals surface area contributed by atoms with Gasteiger partial charge in [0.2, 0.25) is 0 Å². The van der Waals surface area contributed by atoms with Crippen molar-refractivity contribution in [2.75, 3.05) is 12.3 Å². The number of sulfone groups is 1. The van der Waals surface area contributed by atoms with Crippen molar-refractivity contribution in [1.29, 1.82) is 0 Å². The van der Waals surface area contributed by atoms with Crippen LogP contribution in [0.15, 0.2) is 24.5 Å². The lowest BCUT2D eigenvalue weighted by Crippen LogP contribution is -2.47. The predicted molar refractivity (Wildman–Crippen MR) is 72.6 cm³/mol. The number of hydrogen-bond acceptors (Lipinski definition) is 4. The first-order valence-electron chi connectivity index (χ1n) is 6.69. The van der Waals surface area contributed by atoms with Crippen LogP contribution in [0.1, 0.15) is 18.4 Å². The summed E-state index contributed by atoms with van der Waals surface area (Å²) in [5.41, 5.74) is 0.508. The van der Waals surface area contributed by atoms with Crippen molar-refractivity contribution < 1.29 is 21.6 Å². The molecule has 1 saturated heterocycles. The van der Waals surface area contributed by atoms with Gasteiger partial charge in [-0.15, -0.1) is 0 Å². The van der Waals surface area contributed by atoms with E-state index in [9.17, 15) is 21.6 Å². The highest BCUT2D eigenvalue weighted by molar-refractivity contribution is 7.92. The highest BCUT2D eigenvalue weighted by atomic mass is 32.2. The molecule has 1 N–H and O–H groups in total. The molecule has 0 saturated carbocycles. The fourth-order valence-electron chi connectivity index (χ4n) is 2.42. The topological polar surface area (TPSA) is 59.1 Å². The normalized spacial score (nSPS) is 23.1. The molecule has 0 aliphatic carbocycles. The minimum Gasteiger partial charge on any atom is -0.305 e. The molecule has 1 aromatic heterocycles. The van der Waals surface area contributed by atoms with Gasteiger partial charge in [0.1, 0.15) is 6.04 Å². The number of halogens is 3. The minimum atomic E-state index is -4.42. The minimum absolute atomic E-state index is 0.0698. The summed E-state index contributed by atoms with van der Waals surface area (Å²) in [6, 6.07) is 1.29. The Kier molecular flexibility index (Phi) is 4.88. The van der Waals surface area contributed by atoms with Crippen molar-refractivity contribution in [1.82, 2.24) is 10.3 Å². The van der Waals surface area contributed by atoms with Crippen LogP contribution in [-0.2, 0) is 16.3 Å². The molecule has 118 valence electrons. The van der Waals surface area contributed by atoms with Gasteiger partial charge >= 0.3 is 6.18 Å². The molecular formula is C13H17F3N2O2S. The zero-order valence-electron chi connectivity index (χ0n) is 11.3. The van der Waals surface area contributed by atoms with E-state index in [-0.39, 0.29) is 18.7 Å². The number of nitrogens with zero attached hydrogens (tertiary/aromatic N) is 1. The van der Waals surface area contributed by atoms with Gasteiger partial charge in [0.25, 0.3) is 0 Å². The largest absolute Gasteiger partial charge is 0.404 e. The standard InChI is InChI=1S/C13H17F3N2O2S/c14-13(15,16)12(8-10-3-5-17-6-4-10)18-9-11-2-1-7-21(11,19)20/h3-6,11-12,18H,1-2,7-9H2. The lowest BCUT2D eigenvalue weighted by Gasteiger charge is -2.23. The summed E-state index contributed by atoms with van der Waals surface area (Å²) in [4.78, 5) is 3.76. The Morgan fingerprint density at radius 2 is 2.00 bits per heavy atom. The van der Waals surface area contributed by atoms with Crippen molar-refractivity contribution in [2.45, 2.75) is 36.7 Å².